The van der Waals surface area contributed by atoms with E-state index in [0.29, 0.717) is 54.6 Å². The fourth-order valence-corrected chi connectivity index (χ4v) is 4.67. The monoisotopic (exact) mass is 578 g/mol. The third-order valence-corrected chi connectivity index (χ3v) is 6.65. The van der Waals surface area contributed by atoms with Gasteiger partial charge in [0.15, 0.2) is 5.65 Å². The van der Waals surface area contributed by atoms with E-state index in [4.69, 9.17) is 0 Å². The van der Waals surface area contributed by atoms with Crippen molar-refractivity contribution in [3.63, 3.8) is 0 Å². The Morgan fingerprint density at radius 3 is 2.37 bits per heavy atom. The molecule has 8 nitrogen and oxygen atoms in total. The van der Waals surface area contributed by atoms with Crippen LogP contribution in [0.5, 0.6) is 5.75 Å². The molecular formula is C27H24F6N6O2. The number of hydrogen-bond acceptors (Lipinski definition) is 6. The summed E-state index contributed by atoms with van der Waals surface area (Å²) in [6, 6.07) is 9.58. The summed E-state index contributed by atoms with van der Waals surface area (Å²) in [5, 5.41) is 3.18. The van der Waals surface area contributed by atoms with Crippen molar-refractivity contribution in [1.29, 1.82) is 0 Å². The minimum absolute atomic E-state index is 0.224. The molecule has 0 spiro atoms. The van der Waals surface area contributed by atoms with Crippen LogP contribution >= 0.6 is 0 Å². The van der Waals surface area contributed by atoms with E-state index in [9.17, 15) is 31.1 Å². The van der Waals surface area contributed by atoms with Gasteiger partial charge in [-0.25, -0.2) is 4.98 Å². The highest BCUT2D eigenvalue weighted by Crippen LogP contribution is 2.33. The number of amides is 1. The summed E-state index contributed by atoms with van der Waals surface area (Å²) >= 11 is 0. The third kappa shape index (κ3) is 6.31. The van der Waals surface area contributed by atoms with Crippen LogP contribution in [0, 0.1) is 0 Å². The molecule has 4 aromatic rings. The van der Waals surface area contributed by atoms with E-state index in [1.54, 1.807) is 33.4 Å². The van der Waals surface area contributed by atoms with E-state index in [1.165, 1.54) is 42.7 Å². The number of benzene rings is 2. The number of nitrogens with zero attached hydrogens (tertiary/aromatic N) is 5. The van der Waals surface area contributed by atoms with Crippen LogP contribution in [-0.4, -0.2) is 63.8 Å². The van der Waals surface area contributed by atoms with Gasteiger partial charge in [-0.05, 0) is 49.4 Å². The Labute approximate surface area is 230 Å². The Kier molecular flexibility index (Phi) is 7.41. The lowest BCUT2D eigenvalue weighted by Crippen LogP contribution is -2.52. The second-order valence-corrected chi connectivity index (χ2v) is 9.41. The van der Waals surface area contributed by atoms with Gasteiger partial charge in [0, 0.05) is 49.8 Å². The van der Waals surface area contributed by atoms with Gasteiger partial charge in [0.05, 0.1) is 11.8 Å². The molecule has 5 rings (SSSR count). The second-order valence-electron chi connectivity index (χ2n) is 9.41. The number of ether oxygens (including phenoxy) is 1. The van der Waals surface area contributed by atoms with E-state index in [0.717, 1.165) is 12.1 Å². The van der Waals surface area contributed by atoms with Gasteiger partial charge in [-0.1, -0.05) is 6.07 Å². The summed E-state index contributed by atoms with van der Waals surface area (Å²) in [5.41, 5.74) is 1.04. The smallest absolute Gasteiger partial charge is 0.406 e. The van der Waals surface area contributed by atoms with E-state index >= 15 is 0 Å². The molecule has 1 N–H and O–H groups in total. The minimum Gasteiger partial charge on any atom is -0.406 e. The Morgan fingerprint density at radius 1 is 1.00 bits per heavy atom. The average molecular weight is 579 g/mol. The van der Waals surface area contributed by atoms with Gasteiger partial charge in [0.2, 0.25) is 5.91 Å². The molecule has 1 aliphatic heterocycles. The minimum atomic E-state index is -4.82. The van der Waals surface area contributed by atoms with Gasteiger partial charge in [-0.15, -0.1) is 13.2 Å². The molecule has 1 fully saturated rings. The molecule has 14 heteroatoms. The van der Waals surface area contributed by atoms with E-state index in [1.807, 2.05) is 0 Å². The van der Waals surface area contributed by atoms with Crippen LogP contribution < -0.4 is 15.0 Å². The van der Waals surface area contributed by atoms with Crippen molar-refractivity contribution in [3.8, 4) is 17.0 Å². The van der Waals surface area contributed by atoms with Crippen LogP contribution in [0.25, 0.3) is 16.9 Å². The lowest BCUT2D eigenvalue weighted by Gasteiger charge is -2.37. The molecule has 0 saturated carbocycles. The van der Waals surface area contributed by atoms with Gasteiger partial charge in [0.25, 0.3) is 0 Å². The van der Waals surface area contributed by atoms with Crippen LogP contribution in [0.1, 0.15) is 12.5 Å². The van der Waals surface area contributed by atoms with Crippen LogP contribution in [0.15, 0.2) is 67.1 Å². The zero-order valence-electron chi connectivity index (χ0n) is 21.6. The Hall–Kier alpha value is -4.49. The van der Waals surface area contributed by atoms with Gasteiger partial charge in [0.1, 0.15) is 23.3 Å². The molecule has 1 saturated heterocycles. The first-order valence-corrected chi connectivity index (χ1v) is 12.5. The fourth-order valence-electron chi connectivity index (χ4n) is 4.67. The van der Waals surface area contributed by atoms with Crippen molar-refractivity contribution in [1.82, 2.24) is 19.3 Å². The van der Waals surface area contributed by atoms with Crippen LogP contribution in [0.4, 0.5) is 37.8 Å². The number of fused-ring (bicyclic) bond motifs is 1. The van der Waals surface area contributed by atoms with E-state index in [-0.39, 0.29) is 11.7 Å². The maximum Gasteiger partial charge on any atom is 0.573 e. The Morgan fingerprint density at radius 2 is 1.71 bits per heavy atom. The normalized spacial score (nSPS) is 15.2. The highest BCUT2D eigenvalue weighted by molar-refractivity contribution is 5.86. The number of hydrogen-bond donors (Lipinski definition) is 1. The van der Waals surface area contributed by atoms with E-state index in [2.05, 4.69) is 20.0 Å². The topological polar surface area (TPSA) is 75.0 Å². The van der Waals surface area contributed by atoms with Crippen molar-refractivity contribution < 1.29 is 35.9 Å². The largest absolute Gasteiger partial charge is 0.573 e. The maximum absolute atomic E-state index is 13.3. The summed E-state index contributed by atoms with van der Waals surface area (Å²) in [7, 11) is 0. The fraction of sp³-hybridized carbons (Fsp3) is 0.296. The molecule has 41 heavy (non-hydrogen) atoms. The van der Waals surface area contributed by atoms with Crippen molar-refractivity contribution in [2.45, 2.75) is 25.5 Å². The van der Waals surface area contributed by atoms with Crippen molar-refractivity contribution in [2.75, 3.05) is 36.4 Å². The molecule has 0 bridgehead atoms. The highest BCUT2D eigenvalue weighted by Gasteiger charge is 2.33. The second kappa shape index (κ2) is 10.8. The first kappa shape index (κ1) is 28.1. The van der Waals surface area contributed by atoms with Gasteiger partial charge in [-0.2, -0.15) is 13.2 Å². The molecule has 216 valence electrons. The van der Waals surface area contributed by atoms with E-state index < -0.39 is 24.1 Å². The standard InChI is InChI=1S/C27H24F6N6O2/c1-17(25(40)38-13-11-37(12-14-38)20-4-2-3-19(15-20)26(28,29)30)35-24-23(36-22-16-34-9-10-39(22)24)18-5-7-21(8-6-18)41-27(31,32)33/h2-10,15-17,35H,11-14H2,1H3. The number of aromatic nitrogens is 3. The summed E-state index contributed by atoms with van der Waals surface area (Å²) in [4.78, 5) is 25.4. The maximum atomic E-state index is 13.3. The lowest BCUT2D eigenvalue weighted by atomic mass is 10.1. The average Bonchev–Trinajstić information content (AvgIpc) is 3.30. The summed E-state index contributed by atoms with van der Waals surface area (Å²) in [6.45, 7) is 3.01. The zero-order chi connectivity index (χ0) is 29.4. The lowest BCUT2D eigenvalue weighted by molar-refractivity contribution is -0.274. The number of alkyl halides is 6. The zero-order valence-corrected chi connectivity index (χ0v) is 21.6. The van der Waals surface area contributed by atoms with Crippen molar-refractivity contribution in [3.05, 3.63) is 72.7 Å². The number of nitrogens with one attached hydrogen (secondary N) is 1. The number of halogens is 6. The molecule has 1 atom stereocenters. The summed E-state index contributed by atoms with van der Waals surface area (Å²) in [5.74, 6) is -0.165. The Balaban J connectivity index is 1.30. The summed E-state index contributed by atoms with van der Waals surface area (Å²) in [6.07, 6.45) is -4.59. The van der Waals surface area contributed by atoms with Gasteiger partial charge in [-0.3, -0.25) is 14.2 Å². The molecule has 3 heterocycles. The van der Waals surface area contributed by atoms with Crippen LogP contribution in [0.3, 0.4) is 0 Å². The number of carbonyl (C=O) groups excluding carboxylic acids is 1. The predicted molar refractivity (Wildman–Crippen MR) is 138 cm³/mol. The molecule has 1 amide bonds. The Bertz CT molecular complexity index is 1530. The number of piperazine rings is 1. The van der Waals surface area contributed by atoms with Gasteiger partial charge < -0.3 is 19.9 Å². The first-order chi connectivity index (χ1) is 19.4. The van der Waals surface area contributed by atoms with Crippen LogP contribution in [-0.2, 0) is 11.0 Å². The SMILES string of the molecule is CC(Nc1c(-c2ccc(OC(F)(F)F)cc2)nc2cnccn12)C(=O)N1CCN(c2cccc(C(F)(F)F)c2)CC1. The number of carbonyl (C=O) groups is 1. The quantitative estimate of drug-likeness (QED) is 0.306. The first-order valence-electron chi connectivity index (χ1n) is 12.5. The van der Waals surface area contributed by atoms with Crippen LogP contribution in [0.2, 0.25) is 0 Å². The number of anilines is 2. The highest BCUT2D eigenvalue weighted by atomic mass is 19.4. The molecule has 0 aliphatic carbocycles. The third-order valence-electron chi connectivity index (χ3n) is 6.65. The molecular weight excluding hydrogens is 554 g/mol. The number of rotatable bonds is 6. The summed E-state index contributed by atoms with van der Waals surface area (Å²) < 4.78 is 82.7. The molecule has 2 aromatic heterocycles. The number of imidazole rings is 1. The van der Waals surface area contributed by atoms with Gasteiger partial charge >= 0.3 is 12.5 Å². The molecule has 1 unspecified atom stereocenters. The molecule has 1 aliphatic rings. The molecule has 0 radical (unpaired) electrons. The van der Waals surface area contributed by atoms with Crippen molar-refractivity contribution in [2.24, 2.45) is 0 Å². The van der Waals surface area contributed by atoms with Crippen molar-refractivity contribution >= 4 is 23.1 Å². The predicted octanol–water partition coefficient (Wildman–Crippen LogP) is 5.46. The molecule has 2 aromatic carbocycles.